The Morgan fingerprint density at radius 2 is 0.984 bits per heavy atom. The normalized spacial score (nSPS) is 13.3. The maximum Gasteiger partial charge on any atom is 0.135 e. The van der Waals surface area contributed by atoms with Gasteiger partial charge in [0.05, 0.1) is 22.1 Å². The molecule has 1 aliphatic carbocycles. The smallest absolute Gasteiger partial charge is 0.135 e. The molecule has 0 N–H and O–H groups in total. The van der Waals surface area contributed by atoms with Crippen molar-refractivity contribution in [1.29, 1.82) is 0 Å². The Morgan fingerprint density at radius 3 is 1.81 bits per heavy atom. The van der Waals surface area contributed by atoms with Crippen LogP contribution in [0.15, 0.2) is 223 Å². The summed E-state index contributed by atoms with van der Waals surface area (Å²) in [5.74, 6) is 1.76. The summed E-state index contributed by atoms with van der Waals surface area (Å²) >= 11 is 0. The van der Waals surface area contributed by atoms with Crippen molar-refractivity contribution in [2.75, 3.05) is 4.90 Å². The van der Waals surface area contributed by atoms with Gasteiger partial charge in [0.25, 0.3) is 0 Å². The van der Waals surface area contributed by atoms with Gasteiger partial charge in [-0.05, 0) is 107 Å². The van der Waals surface area contributed by atoms with Crippen molar-refractivity contribution in [1.82, 2.24) is 4.57 Å². The molecule has 2 aromatic heterocycles. The van der Waals surface area contributed by atoms with Crippen molar-refractivity contribution in [3.8, 4) is 28.3 Å². The lowest BCUT2D eigenvalue weighted by molar-refractivity contribution is 0.435. The molecule has 63 heavy (non-hydrogen) atoms. The van der Waals surface area contributed by atoms with Gasteiger partial charge < -0.3 is 18.6 Å². The van der Waals surface area contributed by atoms with Crippen LogP contribution in [-0.2, 0) is 5.41 Å². The Balaban J connectivity index is 1.09. The van der Waals surface area contributed by atoms with Crippen molar-refractivity contribution in [2.24, 2.45) is 0 Å². The monoisotopic (exact) mass is 804 g/mol. The molecular weight excluding hydrogens is 769 g/mol. The van der Waals surface area contributed by atoms with Crippen molar-refractivity contribution in [3.63, 3.8) is 0 Å². The lowest BCUT2D eigenvalue weighted by Gasteiger charge is -2.45. The molecule has 294 valence electrons. The quantitative estimate of drug-likeness (QED) is 0.178. The number of para-hydroxylation sites is 5. The molecule has 2 aliphatic rings. The van der Waals surface area contributed by atoms with E-state index in [0.717, 1.165) is 72.8 Å². The van der Waals surface area contributed by atoms with Gasteiger partial charge in [-0.1, -0.05) is 140 Å². The molecule has 0 radical (unpaired) electrons. The fourth-order valence-corrected chi connectivity index (χ4v) is 11.1. The zero-order valence-electron chi connectivity index (χ0n) is 34.0. The number of hydrogen-bond donors (Lipinski definition) is 0. The van der Waals surface area contributed by atoms with Crippen LogP contribution in [0.3, 0.4) is 0 Å². The summed E-state index contributed by atoms with van der Waals surface area (Å²) in [5.41, 5.74) is 15.1. The van der Waals surface area contributed by atoms with Crippen molar-refractivity contribution < 1.29 is 9.15 Å². The molecule has 14 rings (SSSR count). The van der Waals surface area contributed by atoms with E-state index in [4.69, 9.17) is 9.15 Å². The SMILES string of the molecule is c1ccc(-n2c3ccccc3c3cc(N(c4ccc5oc6ccccc6c5c4)c4ccc5c6c(cccc46)C4(c6ccccc6Oc6ccccc64)c4ccccc4-5)ccc32)cc1. The number of hydrogen-bond acceptors (Lipinski definition) is 3. The Kier molecular flexibility index (Phi) is 7.01. The third-order valence-corrected chi connectivity index (χ3v) is 13.6. The van der Waals surface area contributed by atoms with E-state index >= 15 is 0 Å². The van der Waals surface area contributed by atoms with Crippen LogP contribution in [0.4, 0.5) is 17.1 Å². The Morgan fingerprint density at radius 1 is 0.381 bits per heavy atom. The second kappa shape index (κ2) is 12.8. The van der Waals surface area contributed by atoms with Gasteiger partial charge in [0.15, 0.2) is 0 Å². The first-order valence-corrected chi connectivity index (χ1v) is 21.6. The number of benzene rings is 10. The molecular formula is C59H36N2O2. The van der Waals surface area contributed by atoms with Gasteiger partial charge in [-0.25, -0.2) is 0 Å². The van der Waals surface area contributed by atoms with Gasteiger partial charge in [-0.3, -0.25) is 0 Å². The second-order valence-corrected chi connectivity index (χ2v) is 16.8. The number of furan rings is 1. The minimum Gasteiger partial charge on any atom is -0.457 e. The summed E-state index contributed by atoms with van der Waals surface area (Å²) in [6.45, 7) is 0. The number of rotatable bonds is 4. The highest BCUT2D eigenvalue weighted by Gasteiger charge is 2.49. The van der Waals surface area contributed by atoms with Crippen LogP contribution in [0.25, 0.3) is 71.3 Å². The Hall–Kier alpha value is -8.34. The molecule has 0 saturated carbocycles. The summed E-state index contributed by atoms with van der Waals surface area (Å²) < 4.78 is 15.5. The maximum atomic E-state index is 6.72. The molecule has 0 bridgehead atoms. The number of ether oxygens (including phenoxy) is 1. The van der Waals surface area contributed by atoms with Crippen LogP contribution < -0.4 is 9.64 Å². The molecule has 1 aliphatic heterocycles. The predicted molar refractivity (Wildman–Crippen MR) is 258 cm³/mol. The van der Waals surface area contributed by atoms with Gasteiger partial charge in [0, 0.05) is 55.1 Å². The average molecular weight is 805 g/mol. The van der Waals surface area contributed by atoms with Gasteiger partial charge in [0.1, 0.15) is 22.7 Å². The number of anilines is 3. The van der Waals surface area contributed by atoms with Crippen LogP contribution in [0, 0.1) is 0 Å². The van der Waals surface area contributed by atoms with E-state index in [-0.39, 0.29) is 0 Å². The first-order chi connectivity index (χ1) is 31.3. The summed E-state index contributed by atoms with van der Waals surface area (Å²) in [4.78, 5) is 2.46. The van der Waals surface area contributed by atoms with Crippen LogP contribution in [0.5, 0.6) is 11.5 Å². The van der Waals surface area contributed by atoms with Crippen LogP contribution in [0.2, 0.25) is 0 Å². The second-order valence-electron chi connectivity index (χ2n) is 16.8. The molecule has 0 fully saturated rings. The number of fused-ring (bicyclic) bond motifs is 14. The first-order valence-electron chi connectivity index (χ1n) is 21.6. The minimum absolute atomic E-state index is 0.620. The standard InChI is InChI=1S/C59H36N2O2/c1-2-15-37(16-3-1)61-51-25-10-5-18-41(51)45-35-38(29-32-53(45)61)60(39-30-34-55-46(36-39)42-19-6-11-26-54(42)62-55)52-33-31-43-40-17-4-7-21-47(40)59(50-24-14-20-44(52)58(43)50)48-22-8-12-27-56(48)63-57-28-13-9-23-49(57)59/h1-36H. The highest BCUT2D eigenvalue weighted by atomic mass is 16.5. The van der Waals surface area contributed by atoms with Gasteiger partial charge in [-0.15, -0.1) is 0 Å². The zero-order chi connectivity index (χ0) is 41.2. The van der Waals surface area contributed by atoms with Gasteiger partial charge in [-0.2, -0.15) is 0 Å². The lowest BCUT2D eigenvalue weighted by Crippen LogP contribution is -2.36. The minimum atomic E-state index is -0.620. The topological polar surface area (TPSA) is 30.5 Å². The molecule has 0 amide bonds. The summed E-state index contributed by atoms with van der Waals surface area (Å²) in [6.07, 6.45) is 0. The van der Waals surface area contributed by atoms with E-state index in [9.17, 15) is 0 Å². The van der Waals surface area contributed by atoms with E-state index in [1.165, 1.54) is 49.3 Å². The van der Waals surface area contributed by atoms with Crippen molar-refractivity contribution in [3.05, 3.63) is 241 Å². The van der Waals surface area contributed by atoms with E-state index in [2.05, 4.69) is 222 Å². The van der Waals surface area contributed by atoms with E-state index in [0.29, 0.717) is 0 Å². The van der Waals surface area contributed by atoms with Crippen LogP contribution >= 0.6 is 0 Å². The Labute approximate surface area is 363 Å². The number of aromatic nitrogens is 1. The molecule has 3 heterocycles. The molecule has 1 spiro atoms. The van der Waals surface area contributed by atoms with Crippen molar-refractivity contribution >= 4 is 71.6 Å². The molecule has 10 aromatic carbocycles. The van der Waals surface area contributed by atoms with E-state index in [1.54, 1.807) is 0 Å². The molecule has 4 nitrogen and oxygen atoms in total. The third-order valence-electron chi connectivity index (χ3n) is 13.6. The Bertz CT molecular complexity index is 3810. The lowest BCUT2D eigenvalue weighted by atomic mass is 9.58. The fourth-order valence-electron chi connectivity index (χ4n) is 11.1. The summed E-state index contributed by atoms with van der Waals surface area (Å²) in [7, 11) is 0. The van der Waals surface area contributed by atoms with Crippen LogP contribution in [-0.4, -0.2) is 4.57 Å². The maximum absolute atomic E-state index is 6.72. The highest BCUT2D eigenvalue weighted by molar-refractivity contribution is 6.15. The average Bonchev–Trinajstić information content (AvgIpc) is 3.89. The third kappa shape index (κ3) is 4.64. The molecule has 0 unspecified atom stereocenters. The molecule has 0 saturated heterocycles. The summed E-state index contributed by atoms with van der Waals surface area (Å²) in [5, 5.41) is 6.99. The molecule has 0 atom stereocenters. The molecule has 4 heteroatoms. The fraction of sp³-hybridized carbons (Fsp3) is 0.0169. The van der Waals surface area contributed by atoms with Crippen LogP contribution in [0.1, 0.15) is 22.3 Å². The van der Waals surface area contributed by atoms with Gasteiger partial charge in [0.2, 0.25) is 0 Å². The van der Waals surface area contributed by atoms with Crippen molar-refractivity contribution in [2.45, 2.75) is 5.41 Å². The summed E-state index contributed by atoms with van der Waals surface area (Å²) in [6, 6.07) is 79.1. The van der Waals surface area contributed by atoms with E-state index in [1.807, 2.05) is 6.07 Å². The zero-order valence-corrected chi connectivity index (χ0v) is 34.0. The molecule has 12 aromatic rings. The van der Waals surface area contributed by atoms with E-state index < -0.39 is 5.41 Å². The van der Waals surface area contributed by atoms with Gasteiger partial charge >= 0.3 is 0 Å². The first kappa shape index (κ1) is 34.4. The largest absolute Gasteiger partial charge is 0.457 e. The predicted octanol–water partition coefficient (Wildman–Crippen LogP) is 15.8. The number of nitrogens with zero attached hydrogens (tertiary/aromatic N) is 2. The highest BCUT2D eigenvalue weighted by Crippen LogP contribution is 2.62.